The zero-order valence-electron chi connectivity index (χ0n) is 14.2. The molecule has 3 N–H and O–H groups in total. The van der Waals surface area contributed by atoms with Gasteiger partial charge >= 0.3 is 5.69 Å². The number of nitro groups is 1. The summed E-state index contributed by atoms with van der Waals surface area (Å²) in [5, 5.41) is 14.5. The monoisotopic (exact) mass is 342 g/mol. The van der Waals surface area contributed by atoms with Crippen LogP contribution in [0.2, 0.25) is 0 Å². The molecule has 2 heterocycles. The van der Waals surface area contributed by atoms with Crippen molar-refractivity contribution in [1.29, 1.82) is 0 Å². The van der Waals surface area contributed by atoms with Crippen LogP contribution in [0.25, 0.3) is 0 Å². The van der Waals surface area contributed by atoms with Gasteiger partial charge in [0, 0.05) is 25.7 Å². The molecule has 1 fully saturated rings. The molecule has 0 spiro atoms. The van der Waals surface area contributed by atoms with E-state index < -0.39 is 4.92 Å². The van der Waals surface area contributed by atoms with Crippen molar-refractivity contribution in [2.45, 2.75) is 32.4 Å². The molecule has 1 aliphatic heterocycles. The second kappa shape index (κ2) is 7.43. The Kier molecular flexibility index (Phi) is 5.08. The van der Waals surface area contributed by atoms with Crippen LogP contribution in [-0.4, -0.2) is 38.9 Å². The van der Waals surface area contributed by atoms with E-state index in [0.717, 1.165) is 32.5 Å². The highest BCUT2D eigenvalue weighted by Gasteiger charge is 2.26. The largest absolute Gasteiger partial charge is 0.368 e. The summed E-state index contributed by atoms with van der Waals surface area (Å²) in [6.07, 6.45) is 1.79. The van der Waals surface area contributed by atoms with Crippen molar-refractivity contribution in [3.63, 3.8) is 0 Å². The maximum atomic E-state index is 11.3. The number of piperidine rings is 1. The van der Waals surface area contributed by atoms with Crippen molar-refractivity contribution in [2.75, 3.05) is 24.1 Å². The van der Waals surface area contributed by atoms with Gasteiger partial charge in [-0.25, -0.2) is 4.98 Å². The number of aryl methyl sites for hydroxylation is 1. The third-order valence-electron chi connectivity index (χ3n) is 4.44. The SMILES string of the molecule is Cc1nc(N)nc(NC2CCN(Cc3ccccc3)CC2)c1[N+](=O)[O-]. The van der Waals surface area contributed by atoms with Gasteiger partial charge in [0.05, 0.1) is 4.92 Å². The van der Waals surface area contributed by atoms with Gasteiger partial charge in [-0.1, -0.05) is 30.3 Å². The smallest absolute Gasteiger partial charge is 0.332 e. The third-order valence-corrected chi connectivity index (χ3v) is 4.44. The van der Waals surface area contributed by atoms with E-state index in [-0.39, 0.29) is 29.2 Å². The van der Waals surface area contributed by atoms with E-state index in [4.69, 9.17) is 5.73 Å². The van der Waals surface area contributed by atoms with E-state index in [0.29, 0.717) is 0 Å². The summed E-state index contributed by atoms with van der Waals surface area (Å²) in [5.41, 5.74) is 7.13. The summed E-state index contributed by atoms with van der Waals surface area (Å²) in [5.74, 6) is 0.267. The van der Waals surface area contributed by atoms with Crippen LogP contribution >= 0.6 is 0 Å². The first-order valence-corrected chi connectivity index (χ1v) is 8.34. The fraction of sp³-hybridized carbons (Fsp3) is 0.412. The Hall–Kier alpha value is -2.74. The van der Waals surface area contributed by atoms with Crippen molar-refractivity contribution < 1.29 is 4.92 Å². The van der Waals surface area contributed by atoms with Crippen LogP contribution in [-0.2, 0) is 6.54 Å². The van der Waals surface area contributed by atoms with Gasteiger partial charge in [-0.15, -0.1) is 0 Å². The number of anilines is 2. The lowest BCUT2D eigenvalue weighted by Gasteiger charge is -2.32. The van der Waals surface area contributed by atoms with Gasteiger partial charge in [0.25, 0.3) is 0 Å². The molecule has 0 amide bonds. The minimum absolute atomic E-state index is 0.0483. The Bertz CT molecular complexity index is 744. The van der Waals surface area contributed by atoms with Crippen molar-refractivity contribution >= 4 is 17.5 Å². The fourth-order valence-corrected chi connectivity index (χ4v) is 3.18. The van der Waals surface area contributed by atoms with Crippen LogP contribution in [0.3, 0.4) is 0 Å². The topological polar surface area (TPSA) is 110 Å². The van der Waals surface area contributed by atoms with Gasteiger partial charge in [-0.3, -0.25) is 15.0 Å². The lowest BCUT2D eigenvalue weighted by atomic mass is 10.0. The summed E-state index contributed by atoms with van der Waals surface area (Å²) < 4.78 is 0. The summed E-state index contributed by atoms with van der Waals surface area (Å²) in [7, 11) is 0. The molecule has 0 atom stereocenters. The summed E-state index contributed by atoms with van der Waals surface area (Å²) in [6, 6.07) is 10.5. The summed E-state index contributed by atoms with van der Waals surface area (Å²) in [6.45, 7) is 4.36. The molecule has 0 bridgehead atoms. The van der Waals surface area contributed by atoms with Crippen molar-refractivity contribution in [3.8, 4) is 0 Å². The molecule has 1 saturated heterocycles. The van der Waals surface area contributed by atoms with Crippen molar-refractivity contribution in [3.05, 3.63) is 51.7 Å². The highest BCUT2D eigenvalue weighted by Crippen LogP contribution is 2.28. The molecule has 0 unspecified atom stereocenters. The number of nitrogens with one attached hydrogen (secondary N) is 1. The highest BCUT2D eigenvalue weighted by molar-refractivity contribution is 5.60. The van der Waals surface area contributed by atoms with Crippen molar-refractivity contribution in [2.24, 2.45) is 0 Å². The molecule has 25 heavy (non-hydrogen) atoms. The number of rotatable bonds is 5. The second-order valence-corrected chi connectivity index (χ2v) is 6.30. The van der Waals surface area contributed by atoms with E-state index in [1.807, 2.05) is 18.2 Å². The predicted octanol–water partition coefficient (Wildman–Crippen LogP) is 2.35. The first-order chi connectivity index (χ1) is 12.0. The van der Waals surface area contributed by atoms with Crippen LogP contribution in [0.15, 0.2) is 30.3 Å². The molecule has 8 heteroatoms. The lowest BCUT2D eigenvalue weighted by molar-refractivity contribution is -0.385. The number of nitrogens with zero attached hydrogens (tertiary/aromatic N) is 4. The highest BCUT2D eigenvalue weighted by atomic mass is 16.6. The molecular weight excluding hydrogens is 320 g/mol. The molecular formula is C17H22N6O2. The van der Waals surface area contributed by atoms with Crippen molar-refractivity contribution in [1.82, 2.24) is 14.9 Å². The lowest BCUT2D eigenvalue weighted by Crippen LogP contribution is -2.39. The Labute approximate surface area is 146 Å². The van der Waals surface area contributed by atoms with E-state index in [1.54, 1.807) is 6.92 Å². The first kappa shape index (κ1) is 17.1. The normalized spacial score (nSPS) is 15.9. The number of likely N-dealkylation sites (tertiary alicyclic amines) is 1. The number of benzene rings is 1. The van der Waals surface area contributed by atoms with Crippen LogP contribution in [0.1, 0.15) is 24.1 Å². The summed E-state index contributed by atoms with van der Waals surface area (Å²) >= 11 is 0. The van der Waals surface area contributed by atoms with Gasteiger partial charge in [0.2, 0.25) is 11.8 Å². The molecule has 0 aliphatic carbocycles. The average Bonchev–Trinajstić information content (AvgIpc) is 2.56. The maximum Gasteiger partial charge on any atom is 0.332 e. The number of hydrogen-bond acceptors (Lipinski definition) is 7. The quantitative estimate of drug-likeness (QED) is 0.634. The first-order valence-electron chi connectivity index (χ1n) is 8.34. The molecule has 3 rings (SSSR count). The van der Waals surface area contributed by atoms with E-state index in [2.05, 4.69) is 32.3 Å². The number of aromatic nitrogens is 2. The molecule has 8 nitrogen and oxygen atoms in total. The minimum Gasteiger partial charge on any atom is -0.368 e. The molecule has 0 radical (unpaired) electrons. The molecule has 132 valence electrons. The zero-order valence-corrected chi connectivity index (χ0v) is 14.2. The van der Waals surface area contributed by atoms with Crippen LogP contribution < -0.4 is 11.1 Å². The minimum atomic E-state index is -0.457. The van der Waals surface area contributed by atoms with Gasteiger partial charge in [-0.2, -0.15) is 4.98 Å². The fourth-order valence-electron chi connectivity index (χ4n) is 3.18. The van der Waals surface area contributed by atoms with Crippen LogP contribution in [0.4, 0.5) is 17.5 Å². The van der Waals surface area contributed by atoms with Crippen LogP contribution in [0, 0.1) is 17.0 Å². The number of hydrogen-bond donors (Lipinski definition) is 2. The van der Waals surface area contributed by atoms with Gasteiger partial charge in [0.1, 0.15) is 5.69 Å². The zero-order chi connectivity index (χ0) is 17.8. The Morgan fingerprint density at radius 1 is 1.28 bits per heavy atom. The predicted molar refractivity (Wildman–Crippen MR) is 96.2 cm³/mol. The number of nitrogen functional groups attached to an aromatic ring is 1. The Balaban J connectivity index is 1.62. The average molecular weight is 342 g/mol. The van der Waals surface area contributed by atoms with Gasteiger partial charge in [0.15, 0.2) is 0 Å². The molecule has 2 aromatic rings. The van der Waals surface area contributed by atoms with E-state index >= 15 is 0 Å². The second-order valence-electron chi connectivity index (χ2n) is 6.30. The Morgan fingerprint density at radius 2 is 1.96 bits per heavy atom. The molecule has 1 aromatic heterocycles. The number of nitrogens with two attached hydrogens (primary N) is 1. The third kappa shape index (κ3) is 4.21. The standard InChI is InChI=1S/C17H22N6O2/c1-12-15(23(24)25)16(21-17(18)19-12)20-14-7-9-22(10-8-14)11-13-5-3-2-4-6-13/h2-6,14H,7-11H2,1H3,(H3,18,19,20,21). The van der Waals surface area contributed by atoms with Gasteiger partial charge < -0.3 is 11.1 Å². The molecule has 1 aromatic carbocycles. The van der Waals surface area contributed by atoms with E-state index in [9.17, 15) is 10.1 Å². The molecule has 1 aliphatic rings. The maximum absolute atomic E-state index is 11.3. The Morgan fingerprint density at radius 3 is 2.60 bits per heavy atom. The van der Waals surface area contributed by atoms with Gasteiger partial charge in [-0.05, 0) is 25.3 Å². The van der Waals surface area contributed by atoms with E-state index in [1.165, 1.54) is 5.56 Å². The summed E-state index contributed by atoms with van der Waals surface area (Å²) in [4.78, 5) is 21.1. The van der Waals surface area contributed by atoms with Crippen LogP contribution in [0.5, 0.6) is 0 Å². The molecule has 0 saturated carbocycles.